The van der Waals surface area contributed by atoms with Crippen molar-refractivity contribution >= 4 is 17.9 Å². The third-order valence-electron chi connectivity index (χ3n) is 12.7. The molecule has 0 rings (SSSR count). The zero-order valence-electron chi connectivity index (χ0n) is 48.1. The van der Waals surface area contributed by atoms with E-state index in [9.17, 15) is 14.4 Å². The van der Waals surface area contributed by atoms with Gasteiger partial charge in [0.1, 0.15) is 13.2 Å². The second-order valence-corrected chi connectivity index (χ2v) is 19.9. The second kappa shape index (κ2) is 61.4. The summed E-state index contributed by atoms with van der Waals surface area (Å²) in [6, 6.07) is 0. The fourth-order valence-electron chi connectivity index (χ4n) is 8.13. The number of allylic oxidation sites excluding steroid dienone is 20. The zero-order valence-corrected chi connectivity index (χ0v) is 48.1. The van der Waals surface area contributed by atoms with Crippen LogP contribution in [0, 0.1) is 0 Å². The van der Waals surface area contributed by atoms with Crippen molar-refractivity contribution in [2.45, 2.75) is 277 Å². The fraction of sp³-hybridized carbons (Fsp3) is 0.662. The summed E-state index contributed by atoms with van der Waals surface area (Å²) in [5.74, 6) is -0.948. The molecule has 0 saturated heterocycles. The Morgan fingerprint density at radius 1 is 0.284 bits per heavy atom. The molecule has 0 heterocycles. The maximum atomic E-state index is 12.9. The lowest BCUT2D eigenvalue weighted by molar-refractivity contribution is -0.167. The molecule has 0 spiro atoms. The van der Waals surface area contributed by atoms with E-state index >= 15 is 0 Å². The SMILES string of the molecule is CC/C=C\C/C=C\C/C=C\C/C=C\C/C=C\C/C=C\C/C=C\C/C=C\CCCCC(=O)OCC(COC(=O)CCCCCCCCCCCCC)OC(=O)CCCCCCCCC/C=C\C/C=C\CCCCCC. The molecule has 420 valence electrons. The molecule has 0 N–H and O–H groups in total. The molecule has 0 aromatic rings. The van der Waals surface area contributed by atoms with Gasteiger partial charge >= 0.3 is 17.9 Å². The molecule has 1 atom stereocenters. The summed E-state index contributed by atoms with van der Waals surface area (Å²) in [6.07, 6.45) is 84.8. The summed E-state index contributed by atoms with van der Waals surface area (Å²) >= 11 is 0. The Bertz CT molecular complexity index is 1550. The predicted molar refractivity (Wildman–Crippen MR) is 320 cm³/mol. The van der Waals surface area contributed by atoms with Gasteiger partial charge in [-0.05, 0) is 116 Å². The first-order valence-electron chi connectivity index (χ1n) is 30.5. The lowest BCUT2D eigenvalue weighted by Crippen LogP contribution is -2.30. The third kappa shape index (κ3) is 58.7. The van der Waals surface area contributed by atoms with Gasteiger partial charge in [0.25, 0.3) is 0 Å². The van der Waals surface area contributed by atoms with Gasteiger partial charge in [0.2, 0.25) is 0 Å². The molecule has 0 aromatic carbocycles. The lowest BCUT2D eigenvalue weighted by Gasteiger charge is -2.18. The quantitative estimate of drug-likeness (QED) is 0.0261. The molecule has 0 aromatic heterocycles. The van der Waals surface area contributed by atoms with E-state index in [0.717, 1.165) is 116 Å². The molecule has 0 aliphatic rings. The molecule has 0 fully saturated rings. The van der Waals surface area contributed by atoms with Gasteiger partial charge in [-0.15, -0.1) is 0 Å². The minimum Gasteiger partial charge on any atom is -0.462 e. The minimum absolute atomic E-state index is 0.0957. The Morgan fingerprint density at radius 3 is 0.865 bits per heavy atom. The average molecular weight is 1030 g/mol. The Balaban J connectivity index is 4.41. The average Bonchev–Trinajstić information content (AvgIpc) is 3.40. The van der Waals surface area contributed by atoms with Gasteiger partial charge in [0.15, 0.2) is 6.10 Å². The Labute approximate surface area is 456 Å². The highest BCUT2D eigenvalue weighted by Gasteiger charge is 2.19. The van der Waals surface area contributed by atoms with Crippen molar-refractivity contribution < 1.29 is 28.6 Å². The van der Waals surface area contributed by atoms with Crippen LogP contribution in [0.25, 0.3) is 0 Å². The summed E-state index contributed by atoms with van der Waals surface area (Å²) in [5.41, 5.74) is 0. The summed E-state index contributed by atoms with van der Waals surface area (Å²) in [4.78, 5) is 38.2. The molecule has 6 nitrogen and oxygen atoms in total. The van der Waals surface area contributed by atoms with Gasteiger partial charge in [-0.25, -0.2) is 0 Å². The van der Waals surface area contributed by atoms with Crippen molar-refractivity contribution in [3.05, 3.63) is 122 Å². The standard InChI is InChI=1S/C68H112O6/c1-4-7-10-13-16-19-22-24-26-28-30-31-32-33-34-35-36-37-38-40-41-43-46-49-52-55-58-61-67(70)73-64-65(63-72-66(69)60-57-54-51-48-45-21-18-15-12-9-6-3)74-68(71)62-59-56-53-50-47-44-42-39-29-27-25-23-20-17-14-11-8-5-2/h7,10,16,19-20,23-24,26-27,29-31,33-34,36-37,40-41,46,49,65H,4-6,8-9,11-15,17-18,21-22,25,28,32,35,38-39,42-45,47-48,50-64H2,1-3H3/b10-7-,19-16-,23-20-,26-24-,29-27-,31-30-,34-33-,37-36-,41-40-,49-46-. The van der Waals surface area contributed by atoms with Crippen molar-refractivity contribution in [1.29, 1.82) is 0 Å². The molecular weight excluding hydrogens is 913 g/mol. The monoisotopic (exact) mass is 1020 g/mol. The minimum atomic E-state index is -0.802. The molecule has 0 saturated carbocycles. The Morgan fingerprint density at radius 2 is 0.527 bits per heavy atom. The van der Waals surface area contributed by atoms with E-state index in [2.05, 4.69) is 142 Å². The molecule has 74 heavy (non-hydrogen) atoms. The van der Waals surface area contributed by atoms with Crippen LogP contribution in [0.4, 0.5) is 0 Å². The van der Waals surface area contributed by atoms with E-state index in [4.69, 9.17) is 14.2 Å². The summed E-state index contributed by atoms with van der Waals surface area (Å²) in [7, 11) is 0. The maximum Gasteiger partial charge on any atom is 0.306 e. The summed E-state index contributed by atoms with van der Waals surface area (Å²) in [6.45, 7) is 6.46. The van der Waals surface area contributed by atoms with Crippen molar-refractivity contribution in [1.82, 2.24) is 0 Å². The number of carbonyl (C=O) groups is 3. The zero-order chi connectivity index (χ0) is 53.6. The number of ether oxygens (including phenoxy) is 3. The first kappa shape index (κ1) is 69.8. The smallest absolute Gasteiger partial charge is 0.306 e. The van der Waals surface area contributed by atoms with Crippen LogP contribution in [0.5, 0.6) is 0 Å². The van der Waals surface area contributed by atoms with Crippen LogP contribution in [0.1, 0.15) is 271 Å². The van der Waals surface area contributed by atoms with E-state index in [1.165, 1.54) is 109 Å². The van der Waals surface area contributed by atoms with Gasteiger partial charge in [0.05, 0.1) is 0 Å². The van der Waals surface area contributed by atoms with Crippen LogP contribution < -0.4 is 0 Å². The number of carbonyl (C=O) groups excluding carboxylic acids is 3. The van der Waals surface area contributed by atoms with Crippen LogP contribution >= 0.6 is 0 Å². The van der Waals surface area contributed by atoms with Crippen molar-refractivity contribution in [2.75, 3.05) is 13.2 Å². The largest absolute Gasteiger partial charge is 0.462 e. The molecule has 1 unspecified atom stereocenters. The number of unbranched alkanes of at least 4 members (excludes halogenated alkanes) is 23. The number of rotatable bonds is 54. The Hall–Kier alpha value is -4.19. The van der Waals surface area contributed by atoms with Crippen molar-refractivity contribution in [3.8, 4) is 0 Å². The molecule has 6 heteroatoms. The van der Waals surface area contributed by atoms with Crippen LogP contribution in [0.15, 0.2) is 122 Å². The van der Waals surface area contributed by atoms with E-state index in [1.807, 2.05) is 0 Å². The van der Waals surface area contributed by atoms with Gasteiger partial charge in [-0.3, -0.25) is 14.4 Å². The number of hydrogen-bond acceptors (Lipinski definition) is 6. The molecular formula is C68H112O6. The summed E-state index contributed by atoms with van der Waals surface area (Å²) in [5, 5.41) is 0. The summed E-state index contributed by atoms with van der Waals surface area (Å²) < 4.78 is 16.8. The fourth-order valence-corrected chi connectivity index (χ4v) is 8.13. The highest BCUT2D eigenvalue weighted by Crippen LogP contribution is 2.15. The van der Waals surface area contributed by atoms with Gasteiger partial charge in [0, 0.05) is 19.3 Å². The van der Waals surface area contributed by atoms with E-state index < -0.39 is 6.10 Å². The van der Waals surface area contributed by atoms with E-state index in [0.29, 0.717) is 25.7 Å². The third-order valence-corrected chi connectivity index (χ3v) is 12.7. The van der Waals surface area contributed by atoms with Crippen molar-refractivity contribution in [3.63, 3.8) is 0 Å². The highest BCUT2D eigenvalue weighted by atomic mass is 16.6. The lowest BCUT2D eigenvalue weighted by atomic mass is 10.1. The first-order chi connectivity index (χ1) is 36.5. The van der Waals surface area contributed by atoms with Crippen LogP contribution in [-0.2, 0) is 28.6 Å². The highest BCUT2D eigenvalue weighted by molar-refractivity contribution is 5.71. The van der Waals surface area contributed by atoms with Crippen molar-refractivity contribution in [2.24, 2.45) is 0 Å². The number of esters is 3. The second-order valence-electron chi connectivity index (χ2n) is 19.9. The molecule has 0 bridgehead atoms. The van der Waals surface area contributed by atoms with Crippen LogP contribution in [0.3, 0.4) is 0 Å². The molecule has 0 amide bonds. The van der Waals surface area contributed by atoms with E-state index in [1.54, 1.807) is 0 Å². The molecule has 0 aliphatic carbocycles. The van der Waals surface area contributed by atoms with E-state index in [-0.39, 0.29) is 31.1 Å². The first-order valence-corrected chi connectivity index (χ1v) is 30.5. The van der Waals surface area contributed by atoms with Gasteiger partial charge < -0.3 is 14.2 Å². The van der Waals surface area contributed by atoms with Crippen LogP contribution in [-0.4, -0.2) is 37.2 Å². The number of hydrogen-bond donors (Lipinski definition) is 0. The molecule has 0 radical (unpaired) electrons. The molecule has 0 aliphatic heterocycles. The van der Waals surface area contributed by atoms with Gasteiger partial charge in [-0.1, -0.05) is 258 Å². The topological polar surface area (TPSA) is 78.9 Å². The van der Waals surface area contributed by atoms with Gasteiger partial charge in [-0.2, -0.15) is 0 Å². The Kier molecular flexibility index (Phi) is 57.9. The van der Waals surface area contributed by atoms with Crippen LogP contribution in [0.2, 0.25) is 0 Å². The normalized spacial score (nSPS) is 13.0. The maximum absolute atomic E-state index is 12.9. The predicted octanol–water partition coefficient (Wildman–Crippen LogP) is 20.8.